The van der Waals surface area contributed by atoms with E-state index in [4.69, 9.17) is 0 Å². The van der Waals surface area contributed by atoms with Gasteiger partial charge in [0.1, 0.15) is 0 Å². The summed E-state index contributed by atoms with van der Waals surface area (Å²) >= 11 is 1.72. The summed E-state index contributed by atoms with van der Waals surface area (Å²) in [6.07, 6.45) is 2.58. The molecule has 154 valence electrons. The molecule has 0 fully saturated rings. The van der Waals surface area contributed by atoms with Gasteiger partial charge in [0.15, 0.2) is 15.8 Å². The molecule has 8 heteroatoms. The van der Waals surface area contributed by atoms with Gasteiger partial charge in [0.05, 0.1) is 10.6 Å². The van der Waals surface area contributed by atoms with E-state index < -0.39 is 9.84 Å². The Morgan fingerprint density at radius 1 is 1.11 bits per heavy atom. The van der Waals surface area contributed by atoms with Crippen LogP contribution in [0.25, 0.3) is 0 Å². The minimum atomic E-state index is -3.24. The van der Waals surface area contributed by atoms with Gasteiger partial charge in [-0.1, -0.05) is 30.3 Å². The fourth-order valence-corrected chi connectivity index (χ4v) is 4.65. The van der Waals surface area contributed by atoms with Gasteiger partial charge in [-0.05, 0) is 48.9 Å². The summed E-state index contributed by atoms with van der Waals surface area (Å²) < 4.78 is 24.6. The number of halogens is 1. The van der Waals surface area contributed by atoms with Crippen molar-refractivity contribution in [2.24, 2.45) is 4.99 Å². The molecule has 2 aromatic carbocycles. The van der Waals surface area contributed by atoms with Crippen LogP contribution in [0, 0.1) is 6.92 Å². The van der Waals surface area contributed by atoms with Crippen LogP contribution < -0.4 is 10.6 Å². The maximum absolute atomic E-state index is 12.3. The molecular formula is C20H28IN3O2S2. The van der Waals surface area contributed by atoms with Gasteiger partial charge in [-0.25, -0.2) is 8.42 Å². The average Bonchev–Trinajstić information content (AvgIpc) is 2.68. The lowest BCUT2D eigenvalue weighted by molar-refractivity contribution is 0.592. The summed E-state index contributed by atoms with van der Waals surface area (Å²) in [5, 5.41) is 6.47. The summed E-state index contributed by atoms with van der Waals surface area (Å²) in [5.41, 5.74) is 2.45. The van der Waals surface area contributed by atoms with E-state index in [-0.39, 0.29) is 29.7 Å². The van der Waals surface area contributed by atoms with Gasteiger partial charge < -0.3 is 10.6 Å². The van der Waals surface area contributed by atoms with Crippen molar-refractivity contribution < 1.29 is 8.42 Å². The summed E-state index contributed by atoms with van der Waals surface area (Å²) in [5.74, 6) is 0.773. The molecule has 0 amide bonds. The Balaban J connectivity index is 0.00000392. The minimum Gasteiger partial charge on any atom is -0.356 e. The molecule has 0 heterocycles. The highest BCUT2D eigenvalue weighted by atomic mass is 127. The molecule has 28 heavy (non-hydrogen) atoms. The molecule has 0 unspecified atom stereocenters. The minimum absolute atomic E-state index is 0. The van der Waals surface area contributed by atoms with Gasteiger partial charge in [-0.3, -0.25) is 4.99 Å². The largest absolute Gasteiger partial charge is 0.356 e. The lowest BCUT2D eigenvalue weighted by Gasteiger charge is -2.14. The summed E-state index contributed by atoms with van der Waals surface area (Å²) in [6.45, 7) is 3.29. The van der Waals surface area contributed by atoms with E-state index in [1.807, 2.05) is 6.07 Å². The van der Waals surface area contributed by atoms with E-state index in [0.29, 0.717) is 30.4 Å². The molecular weight excluding hydrogens is 505 g/mol. The van der Waals surface area contributed by atoms with Crippen LogP contribution in [-0.4, -0.2) is 40.0 Å². The molecule has 2 rings (SSSR count). The second-order valence-electron chi connectivity index (χ2n) is 6.15. The van der Waals surface area contributed by atoms with Crippen LogP contribution >= 0.6 is 35.7 Å². The van der Waals surface area contributed by atoms with Gasteiger partial charge in [-0.2, -0.15) is 0 Å². The van der Waals surface area contributed by atoms with Gasteiger partial charge in [0.25, 0.3) is 0 Å². The quantitative estimate of drug-likeness (QED) is 0.177. The molecule has 0 aromatic heterocycles. The number of guanidine groups is 1. The molecule has 0 saturated heterocycles. The molecule has 5 nitrogen and oxygen atoms in total. The number of thioether (sulfide) groups is 1. The number of nitrogens with zero attached hydrogens (tertiary/aromatic N) is 1. The molecule has 2 N–H and O–H groups in total. The maximum Gasteiger partial charge on any atom is 0.191 e. The normalized spacial score (nSPS) is 11.6. The van der Waals surface area contributed by atoms with Crippen LogP contribution in [0.3, 0.4) is 0 Å². The van der Waals surface area contributed by atoms with E-state index in [9.17, 15) is 8.42 Å². The Morgan fingerprint density at radius 2 is 1.82 bits per heavy atom. The van der Waals surface area contributed by atoms with Crippen molar-refractivity contribution >= 4 is 51.5 Å². The van der Waals surface area contributed by atoms with Crippen molar-refractivity contribution in [3.05, 3.63) is 59.7 Å². The predicted molar refractivity (Wildman–Crippen MR) is 130 cm³/mol. The number of aryl methyl sites for hydroxylation is 1. The molecule has 2 aromatic rings. The summed E-state index contributed by atoms with van der Waals surface area (Å²) in [7, 11) is -1.53. The second-order valence-corrected chi connectivity index (χ2v) is 9.11. The number of benzene rings is 2. The molecule has 0 radical (unpaired) electrons. The smallest absolute Gasteiger partial charge is 0.191 e. The van der Waals surface area contributed by atoms with Gasteiger partial charge in [0, 0.05) is 25.0 Å². The molecule has 0 atom stereocenters. The van der Waals surface area contributed by atoms with E-state index >= 15 is 0 Å². The SMILES string of the molecule is CN=C(NCCCS(=O)(=O)c1ccccc1)NCc1ccc(C)cc1SC.I. The Kier molecular flexibility index (Phi) is 10.9. The number of aliphatic imine (C=N–C) groups is 1. The predicted octanol–water partition coefficient (Wildman–Crippen LogP) is 3.86. The van der Waals surface area contributed by atoms with Crippen LogP contribution in [0.4, 0.5) is 0 Å². The maximum atomic E-state index is 12.3. The molecule has 0 aliphatic heterocycles. The zero-order chi connectivity index (χ0) is 19.7. The second kappa shape index (κ2) is 12.3. The van der Waals surface area contributed by atoms with Crippen molar-refractivity contribution in [3.8, 4) is 0 Å². The zero-order valence-corrected chi connectivity index (χ0v) is 20.4. The molecule has 0 aliphatic carbocycles. The third-order valence-electron chi connectivity index (χ3n) is 4.10. The van der Waals surface area contributed by atoms with Crippen LogP contribution in [0.5, 0.6) is 0 Å². The average molecular weight is 534 g/mol. The first-order valence-corrected chi connectivity index (χ1v) is 11.7. The Labute approximate surface area is 189 Å². The van der Waals surface area contributed by atoms with E-state index in [1.165, 1.54) is 16.0 Å². The van der Waals surface area contributed by atoms with Crippen molar-refractivity contribution in [3.63, 3.8) is 0 Å². The van der Waals surface area contributed by atoms with E-state index in [2.05, 4.69) is 47.0 Å². The topological polar surface area (TPSA) is 70.6 Å². The first-order valence-electron chi connectivity index (χ1n) is 8.82. The highest BCUT2D eigenvalue weighted by Gasteiger charge is 2.13. The molecule has 0 spiro atoms. The van der Waals surface area contributed by atoms with Crippen molar-refractivity contribution in [2.75, 3.05) is 25.6 Å². The number of rotatable bonds is 8. The van der Waals surface area contributed by atoms with E-state index in [0.717, 1.165) is 0 Å². The van der Waals surface area contributed by atoms with Crippen LogP contribution in [-0.2, 0) is 16.4 Å². The van der Waals surface area contributed by atoms with Crippen molar-refractivity contribution in [1.82, 2.24) is 10.6 Å². The summed E-state index contributed by atoms with van der Waals surface area (Å²) in [4.78, 5) is 5.82. The lowest BCUT2D eigenvalue weighted by atomic mass is 10.1. The Hall–Kier alpha value is -1.26. The third-order valence-corrected chi connectivity index (χ3v) is 6.73. The van der Waals surface area contributed by atoms with Gasteiger partial charge in [-0.15, -0.1) is 35.7 Å². The number of nitrogens with one attached hydrogen (secondary N) is 2. The number of sulfone groups is 1. The van der Waals surface area contributed by atoms with Crippen LogP contribution in [0.1, 0.15) is 17.5 Å². The van der Waals surface area contributed by atoms with Crippen molar-refractivity contribution in [1.29, 1.82) is 0 Å². The van der Waals surface area contributed by atoms with Crippen LogP contribution in [0.2, 0.25) is 0 Å². The number of hydrogen-bond donors (Lipinski definition) is 2. The highest BCUT2D eigenvalue weighted by molar-refractivity contribution is 14.0. The van der Waals surface area contributed by atoms with Crippen molar-refractivity contribution in [2.45, 2.75) is 29.7 Å². The standard InChI is InChI=1S/C20H27N3O2S2.HI/c1-16-10-11-17(19(14-16)26-3)15-23-20(21-2)22-12-7-13-27(24,25)18-8-5-4-6-9-18;/h4-6,8-11,14H,7,12-13,15H2,1-3H3,(H2,21,22,23);1H. The van der Waals surface area contributed by atoms with Gasteiger partial charge in [0.2, 0.25) is 0 Å². The van der Waals surface area contributed by atoms with E-state index in [1.54, 1.807) is 43.1 Å². The molecule has 0 saturated carbocycles. The number of hydrogen-bond acceptors (Lipinski definition) is 4. The first-order chi connectivity index (χ1) is 13.0. The first kappa shape index (κ1) is 24.8. The fraction of sp³-hybridized carbons (Fsp3) is 0.350. The fourth-order valence-electron chi connectivity index (χ4n) is 2.61. The van der Waals surface area contributed by atoms with Crippen LogP contribution in [0.15, 0.2) is 63.3 Å². The Bertz CT molecular complexity index is 872. The molecule has 0 aliphatic rings. The molecule has 0 bridgehead atoms. The van der Waals surface area contributed by atoms with Gasteiger partial charge >= 0.3 is 0 Å². The summed E-state index contributed by atoms with van der Waals surface area (Å²) in [6, 6.07) is 15.0. The Morgan fingerprint density at radius 3 is 2.46 bits per heavy atom. The zero-order valence-electron chi connectivity index (χ0n) is 16.4. The lowest BCUT2D eigenvalue weighted by Crippen LogP contribution is -2.37. The third kappa shape index (κ3) is 7.63. The monoisotopic (exact) mass is 533 g/mol. The highest BCUT2D eigenvalue weighted by Crippen LogP contribution is 2.21.